The number of nitriles is 1. The maximum atomic E-state index is 13.3. The number of aromatic nitrogens is 1. The largest absolute Gasteiger partial charge is 0.338 e. The summed E-state index contributed by atoms with van der Waals surface area (Å²) in [6.07, 6.45) is 2.38. The molecule has 3 heterocycles. The van der Waals surface area contributed by atoms with Crippen LogP contribution in [0.25, 0.3) is 0 Å². The van der Waals surface area contributed by atoms with Crippen LogP contribution in [0.2, 0.25) is 0 Å². The van der Waals surface area contributed by atoms with E-state index in [1.807, 2.05) is 0 Å². The molecule has 0 saturated carbocycles. The summed E-state index contributed by atoms with van der Waals surface area (Å²) in [5, 5.41) is 8.91. The highest BCUT2D eigenvalue weighted by molar-refractivity contribution is 5.97. The lowest BCUT2D eigenvalue weighted by molar-refractivity contribution is -0.117. The summed E-state index contributed by atoms with van der Waals surface area (Å²) in [6, 6.07) is 11.6. The van der Waals surface area contributed by atoms with Gasteiger partial charge in [-0.15, -0.1) is 0 Å². The fourth-order valence-electron chi connectivity index (χ4n) is 3.95. The van der Waals surface area contributed by atoms with Crippen LogP contribution in [0, 0.1) is 22.7 Å². The molecule has 1 aromatic heterocycles. The number of halogens is 1. The zero-order valence-electron chi connectivity index (χ0n) is 14.6. The number of likely N-dealkylation sites (tertiary alicyclic amines) is 1. The van der Waals surface area contributed by atoms with E-state index in [0.29, 0.717) is 31.6 Å². The zero-order valence-corrected chi connectivity index (χ0v) is 14.6. The van der Waals surface area contributed by atoms with Crippen molar-refractivity contribution in [2.75, 3.05) is 24.5 Å². The lowest BCUT2D eigenvalue weighted by atomic mass is 9.86. The first-order valence-corrected chi connectivity index (χ1v) is 8.71. The van der Waals surface area contributed by atoms with E-state index in [0.717, 1.165) is 18.2 Å². The van der Waals surface area contributed by atoms with E-state index in [1.54, 1.807) is 34.1 Å². The highest BCUT2D eigenvalue weighted by Gasteiger charge is 2.48. The molecule has 0 aliphatic carbocycles. The van der Waals surface area contributed by atoms with Crippen LogP contribution in [0.1, 0.15) is 28.8 Å². The standard InChI is InChI=1S/C20H17FN4O2/c21-17-9-15(5-7-23-17)19(27)24-8-6-20(12-24)10-18(26)25(13-20)16-3-1-14(11-22)2-4-16/h1-5,7,9H,6,8,10,12-13H2/t20-/m0/s1. The molecule has 27 heavy (non-hydrogen) atoms. The second-order valence-corrected chi connectivity index (χ2v) is 7.16. The number of rotatable bonds is 2. The van der Waals surface area contributed by atoms with Crippen LogP contribution in [-0.2, 0) is 4.79 Å². The average molecular weight is 364 g/mol. The highest BCUT2D eigenvalue weighted by atomic mass is 19.1. The third kappa shape index (κ3) is 3.14. The van der Waals surface area contributed by atoms with Crippen molar-refractivity contribution in [2.24, 2.45) is 5.41 Å². The lowest BCUT2D eigenvalue weighted by Gasteiger charge is -2.24. The van der Waals surface area contributed by atoms with Crippen LogP contribution in [0.15, 0.2) is 42.6 Å². The molecule has 1 aromatic carbocycles. The quantitative estimate of drug-likeness (QED) is 0.767. The average Bonchev–Trinajstić information content (AvgIpc) is 3.24. The van der Waals surface area contributed by atoms with Gasteiger partial charge in [0.15, 0.2) is 0 Å². The van der Waals surface area contributed by atoms with Crippen LogP contribution < -0.4 is 4.90 Å². The van der Waals surface area contributed by atoms with Gasteiger partial charge in [-0.25, -0.2) is 4.98 Å². The maximum Gasteiger partial charge on any atom is 0.254 e. The van der Waals surface area contributed by atoms with E-state index in [4.69, 9.17) is 5.26 Å². The van der Waals surface area contributed by atoms with Crippen LogP contribution in [0.3, 0.4) is 0 Å². The Morgan fingerprint density at radius 3 is 2.70 bits per heavy atom. The van der Waals surface area contributed by atoms with Gasteiger partial charge in [0.1, 0.15) is 0 Å². The summed E-state index contributed by atoms with van der Waals surface area (Å²) in [5.74, 6) is -0.904. The van der Waals surface area contributed by atoms with Gasteiger partial charge < -0.3 is 9.80 Å². The molecule has 0 unspecified atom stereocenters. The van der Waals surface area contributed by atoms with Gasteiger partial charge in [0.05, 0.1) is 11.6 Å². The van der Waals surface area contributed by atoms with E-state index in [2.05, 4.69) is 11.1 Å². The number of amides is 2. The topological polar surface area (TPSA) is 77.3 Å². The molecule has 1 atom stereocenters. The number of benzene rings is 1. The molecule has 2 aliphatic heterocycles. The van der Waals surface area contributed by atoms with Crippen molar-refractivity contribution in [3.05, 3.63) is 59.7 Å². The highest BCUT2D eigenvalue weighted by Crippen LogP contribution is 2.42. The molecule has 136 valence electrons. The SMILES string of the molecule is N#Cc1ccc(N2C[C@@]3(CCN(C(=O)c4ccnc(F)c4)C3)CC2=O)cc1. The van der Waals surface area contributed by atoms with Gasteiger partial charge in [0, 0.05) is 55.0 Å². The molecule has 7 heteroatoms. The van der Waals surface area contributed by atoms with Crippen LogP contribution in [-0.4, -0.2) is 41.3 Å². The van der Waals surface area contributed by atoms with Gasteiger partial charge in [0.2, 0.25) is 11.9 Å². The first-order chi connectivity index (χ1) is 13.0. The number of carbonyl (C=O) groups excluding carboxylic acids is 2. The summed E-state index contributed by atoms with van der Waals surface area (Å²) in [5.41, 5.74) is 1.29. The van der Waals surface area contributed by atoms with Crippen LogP contribution >= 0.6 is 0 Å². The number of carbonyl (C=O) groups is 2. The lowest BCUT2D eigenvalue weighted by Crippen LogP contribution is -2.34. The molecule has 4 rings (SSSR count). The van der Waals surface area contributed by atoms with Crippen LogP contribution in [0.4, 0.5) is 10.1 Å². The van der Waals surface area contributed by atoms with Crippen LogP contribution in [0.5, 0.6) is 0 Å². The molecule has 0 bridgehead atoms. The number of pyridine rings is 1. The van der Waals surface area contributed by atoms with Crippen molar-refractivity contribution >= 4 is 17.5 Å². The number of hydrogen-bond acceptors (Lipinski definition) is 4. The van der Waals surface area contributed by atoms with Crippen molar-refractivity contribution in [2.45, 2.75) is 12.8 Å². The first-order valence-electron chi connectivity index (χ1n) is 8.71. The van der Waals surface area contributed by atoms with Crippen molar-refractivity contribution < 1.29 is 14.0 Å². The minimum absolute atomic E-state index is 0.0176. The summed E-state index contributed by atoms with van der Waals surface area (Å²) >= 11 is 0. The van der Waals surface area contributed by atoms with Gasteiger partial charge >= 0.3 is 0 Å². The van der Waals surface area contributed by atoms with E-state index < -0.39 is 5.95 Å². The third-order valence-corrected chi connectivity index (χ3v) is 5.33. The summed E-state index contributed by atoms with van der Waals surface area (Å²) in [7, 11) is 0. The summed E-state index contributed by atoms with van der Waals surface area (Å²) in [6.45, 7) is 1.54. The molecule has 2 aromatic rings. The molecule has 2 fully saturated rings. The number of anilines is 1. The second-order valence-electron chi connectivity index (χ2n) is 7.16. The Balaban J connectivity index is 1.50. The van der Waals surface area contributed by atoms with Crippen molar-refractivity contribution in [3.8, 4) is 6.07 Å². The Bertz CT molecular complexity index is 953. The third-order valence-electron chi connectivity index (χ3n) is 5.33. The number of nitrogens with zero attached hydrogens (tertiary/aromatic N) is 4. The zero-order chi connectivity index (χ0) is 19.0. The minimum atomic E-state index is -0.683. The fourth-order valence-corrected chi connectivity index (χ4v) is 3.95. The van der Waals surface area contributed by atoms with E-state index in [1.165, 1.54) is 12.3 Å². The van der Waals surface area contributed by atoms with Gasteiger partial charge in [-0.1, -0.05) is 0 Å². The van der Waals surface area contributed by atoms with Gasteiger partial charge in [-0.2, -0.15) is 9.65 Å². The molecule has 1 spiro atoms. The molecular formula is C20H17FN4O2. The fraction of sp³-hybridized carbons (Fsp3) is 0.300. The first kappa shape index (κ1) is 17.2. The molecule has 0 N–H and O–H groups in total. The van der Waals surface area contributed by atoms with Gasteiger partial charge in [-0.05, 0) is 36.8 Å². The molecular weight excluding hydrogens is 347 g/mol. The Hall–Kier alpha value is -3.27. The summed E-state index contributed by atoms with van der Waals surface area (Å²) < 4.78 is 13.3. The molecule has 2 amide bonds. The predicted octanol–water partition coefficient (Wildman–Crippen LogP) is 2.36. The predicted molar refractivity (Wildman–Crippen MR) is 95.3 cm³/mol. The van der Waals surface area contributed by atoms with Crippen molar-refractivity contribution in [1.29, 1.82) is 5.26 Å². The molecule has 6 nitrogen and oxygen atoms in total. The maximum absolute atomic E-state index is 13.3. The Morgan fingerprint density at radius 2 is 2.00 bits per heavy atom. The van der Waals surface area contributed by atoms with Gasteiger partial charge in [-0.3, -0.25) is 9.59 Å². The van der Waals surface area contributed by atoms with E-state index >= 15 is 0 Å². The normalized spacial score (nSPS) is 21.7. The van der Waals surface area contributed by atoms with Crippen molar-refractivity contribution in [1.82, 2.24) is 9.88 Å². The second kappa shape index (κ2) is 6.47. The molecule has 2 saturated heterocycles. The van der Waals surface area contributed by atoms with Gasteiger partial charge in [0.25, 0.3) is 5.91 Å². The molecule has 2 aliphatic rings. The smallest absolute Gasteiger partial charge is 0.254 e. The Morgan fingerprint density at radius 1 is 1.22 bits per heavy atom. The van der Waals surface area contributed by atoms with E-state index in [9.17, 15) is 14.0 Å². The Kier molecular flexibility index (Phi) is 4.11. The minimum Gasteiger partial charge on any atom is -0.338 e. The monoisotopic (exact) mass is 364 g/mol. The van der Waals surface area contributed by atoms with Crippen molar-refractivity contribution in [3.63, 3.8) is 0 Å². The molecule has 0 radical (unpaired) electrons. The summed E-state index contributed by atoms with van der Waals surface area (Å²) in [4.78, 5) is 32.1. The Labute approximate surface area is 155 Å². The van der Waals surface area contributed by atoms with E-state index in [-0.39, 0.29) is 22.8 Å². The number of hydrogen-bond donors (Lipinski definition) is 0.